The Labute approximate surface area is 101 Å². The van der Waals surface area contributed by atoms with Crippen LogP contribution in [-0.2, 0) is 6.54 Å². The Morgan fingerprint density at radius 3 is 2.94 bits per heavy atom. The van der Waals surface area contributed by atoms with Gasteiger partial charge in [-0.15, -0.1) is 5.10 Å². The predicted octanol–water partition coefficient (Wildman–Crippen LogP) is 1.75. The second-order valence-corrected chi connectivity index (χ2v) is 4.48. The molecule has 1 fully saturated rings. The lowest BCUT2D eigenvalue weighted by Gasteiger charge is -2.04. The van der Waals surface area contributed by atoms with Gasteiger partial charge in [0.05, 0.1) is 24.5 Å². The molecule has 1 aromatic carbocycles. The number of nitrogens with zero attached hydrogens (tertiary/aromatic N) is 3. The molecule has 0 saturated carbocycles. The second kappa shape index (κ2) is 4.67. The molecule has 1 aliphatic heterocycles. The monoisotopic (exact) mass is 228 g/mol. The van der Waals surface area contributed by atoms with E-state index in [1.165, 1.54) is 18.4 Å². The van der Waals surface area contributed by atoms with Gasteiger partial charge in [0.2, 0.25) is 0 Å². The molecule has 1 N–H and O–H groups in total. The fourth-order valence-corrected chi connectivity index (χ4v) is 2.26. The Kier molecular flexibility index (Phi) is 2.88. The number of hydrogen-bond donors (Lipinski definition) is 1. The smallest absolute Gasteiger partial charge is 0.0996 e. The second-order valence-electron chi connectivity index (χ2n) is 4.48. The van der Waals surface area contributed by atoms with Gasteiger partial charge in [0.15, 0.2) is 0 Å². The first-order valence-corrected chi connectivity index (χ1v) is 6.09. The molecule has 1 aliphatic rings. The maximum atomic E-state index is 4.24. The van der Waals surface area contributed by atoms with Gasteiger partial charge in [-0.1, -0.05) is 35.5 Å². The highest BCUT2D eigenvalue weighted by Gasteiger charge is 2.18. The Hall–Kier alpha value is -1.68. The van der Waals surface area contributed by atoms with Crippen molar-refractivity contribution in [3.8, 4) is 0 Å². The van der Waals surface area contributed by atoms with Crippen LogP contribution in [0, 0.1) is 0 Å². The third-order valence-electron chi connectivity index (χ3n) is 3.16. The Morgan fingerprint density at radius 1 is 1.29 bits per heavy atom. The molecule has 1 atom stereocenters. The van der Waals surface area contributed by atoms with Gasteiger partial charge >= 0.3 is 0 Å². The minimum absolute atomic E-state index is 0.402. The van der Waals surface area contributed by atoms with E-state index in [1.807, 2.05) is 22.9 Å². The van der Waals surface area contributed by atoms with E-state index in [1.54, 1.807) is 0 Å². The van der Waals surface area contributed by atoms with Crippen LogP contribution in [0.15, 0.2) is 36.5 Å². The van der Waals surface area contributed by atoms with Crippen LogP contribution >= 0.6 is 0 Å². The van der Waals surface area contributed by atoms with E-state index >= 15 is 0 Å². The van der Waals surface area contributed by atoms with Crippen LogP contribution in [0.25, 0.3) is 0 Å². The van der Waals surface area contributed by atoms with E-state index in [-0.39, 0.29) is 0 Å². The molecular formula is C13H16N4. The molecule has 88 valence electrons. The van der Waals surface area contributed by atoms with Crippen LogP contribution in [0.4, 0.5) is 0 Å². The van der Waals surface area contributed by atoms with Gasteiger partial charge in [-0.25, -0.2) is 4.68 Å². The van der Waals surface area contributed by atoms with E-state index in [0.29, 0.717) is 6.04 Å². The number of nitrogens with one attached hydrogen (secondary N) is 1. The standard InChI is InChI=1S/C13H16N4/c1-2-5-11(6-3-1)9-17-10-13(15-16-17)12-7-4-8-14-12/h1-3,5-6,10,12,14H,4,7-9H2/t12-/m0/s1. The number of hydrogen-bond acceptors (Lipinski definition) is 3. The van der Waals surface area contributed by atoms with Crippen LogP contribution in [0.1, 0.15) is 30.1 Å². The van der Waals surface area contributed by atoms with E-state index in [9.17, 15) is 0 Å². The molecule has 0 unspecified atom stereocenters. The Bertz CT molecular complexity index is 471. The molecule has 0 amide bonds. The van der Waals surface area contributed by atoms with Gasteiger partial charge in [0.1, 0.15) is 0 Å². The van der Waals surface area contributed by atoms with E-state index in [0.717, 1.165) is 18.8 Å². The highest BCUT2D eigenvalue weighted by molar-refractivity contribution is 5.15. The van der Waals surface area contributed by atoms with Crippen molar-refractivity contribution in [2.75, 3.05) is 6.54 Å². The predicted molar refractivity (Wildman–Crippen MR) is 65.5 cm³/mol. The molecule has 4 nitrogen and oxygen atoms in total. The highest BCUT2D eigenvalue weighted by atomic mass is 15.4. The van der Waals surface area contributed by atoms with Crippen molar-refractivity contribution in [2.24, 2.45) is 0 Å². The summed E-state index contributed by atoms with van der Waals surface area (Å²) >= 11 is 0. The SMILES string of the molecule is c1ccc(Cn2cc([C@@H]3CCCN3)nn2)cc1. The van der Waals surface area contributed by atoms with Gasteiger partial charge in [0, 0.05) is 0 Å². The minimum Gasteiger partial charge on any atom is -0.309 e. The molecule has 3 rings (SSSR count). The first-order valence-electron chi connectivity index (χ1n) is 6.09. The normalized spacial score (nSPS) is 19.6. The third kappa shape index (κ3) is 2.36. The topological polar surface area (TPSA) is 42.7 Å². The van der Waals surface area contributed by atoms with Crippen molar-refractivity contribution in [1.29, 1.82) is 0 Å². The third-order valence-corrected chi connectivity index (χ3v) is 3.16. The maximum absolute atomic E-state index is 4.24. The van der Waals surface area contributed by atoms with Gasteiger partial charge in [0.25, 0.3) is 0 Å². The zero-order chi connectivity index (χ0) is 11.5. The molecule has 2 aromatic rings. The maximum Gasteiger partial charge on any atom is 0.0996 e. The average molecular weight is 228 g/mol. The molecule has 0 spiro atoms. The van der Waals surface area contributed by atoms with Crippen LogP contribution < -0.4 is 5.32 Å². The molecule has 0 bridgehead atoms. The van der Waals surface area contributed by atoms with Crippen molar-refractivity contribution in [2.45, 2.75) is 25.4 Å². The first kappa shape index (κ1) is 10.5. The van der Waals surface area contributed by atoms with Crippen molar-refractivity contribution in [1.82, 2.24) is 20.3 Å². The molecule has 17 heavy (non-hydrogen) atoms. The minimum atomic E-state index is 0.402. The van der Waals surface area contributed by atoms with Gasteiger partial charge in [-0.2, -0.15) is 0 Å². The average Bonchev–Trinajstić information content (AvgIpc) is 3.00. The fraction of sp³-hybridized carbons (Fsp3) is 0.385. The van der Waals surface area contributed by atoms with Crippen LogP contribution in [0.5, 0.6) is 0 Å². The zero-order valence-electron chi connectivity index (χ0n) is 9.71. The van der Waals surface area contributed by atoms with Gasteiger partial charge in [-0.05, 0) is 24.9 Å². The van der Waals surface area contributed by atoms with Crippen LogP contribution in [-0.4, -0.2) is 21.5 Å². The molecule has 0 radical (unpaired) electrons. The van der Waals surface area contributed by atoms with E-state index in [2.05, 4.69) is 34.0 Å². The molecule has 1 aromatic heterocycles. The lowest BCUT2D eigenvalue weighted by atomic mass is 10.2. The number of benzene rings is 1. The van der Waals surface area contributed by atoms with E-state index in [4.69, 9.17) is 0 Å². The largest absolute Gasteiger partial charge is 0.309 e. The summed E-state index contributed by atoms with van der Waals surface area (Å²) in [4.78, 5) is 0. The summed E-state index contributed by atoms with van der Waals surface area (Å²) in [7, 11) is 0. The zero-order valence-corrected chi connectivity index (χ0v) is 9.71. The summed E-state index contributed by atoms with van der Waals surface area (Å²) in [5, 5.41) is 11.9. The lowest BCUT2D eigenvalue weighted by Crippen LogP contribution is -2.13. The summed E-state index contributed by atoms with van der Waals surface area (Å²) in [5.74, 6) is 0. The highest BCUT2D eigenvalue weighted by Crippen LogP contribution is 2.20. The van der Waals surface area contributed by atoms with Crippen LogP contribution in [0.2, 0.25) is 0 Å². The first-order chi connectivity index (χ1) is 8.42. The van der Waals surface area contributed by atoms with Crippen molar-refractivity contribution in [3.63, 3.8) is 0 Å². The summed E-state index contributed by atoms with van der Waals surface area (Å²) in [6.07, 6.45) is 4.45. The Balaban J connectivity index is 1.72. The van der Waals surface area contributed by atoms with Crippen molar-refractivity contribution in [3.05, 3.63) is 47.8 Å². The molecule has 1 saturated heterocycles. The number of rotatable bonds is 3. The molecular weight excluding hydrogens is 212 g/mol. The fourth-order valence-electron chi connectivity index (χ4n) is 2.26. The Morgan fingerprint density at radius 2 is 2.18 bits per heavy atom. The van der Waals surface area contributed by atoms with E-state index < -0.39 is 0 Å². The summed E-state index contributed by atoms with van der Waals surface area (Å²) in [5.41, 5.74) is 2.32. The lowest BCUT2D eigenvalue weighted by molar-refractivity contribution is 0.622. The molecule has 0 aliphatic carbocycles. The summed E-state index contributed by atoms with van der Waals surface area (Å²) < 4.78 is 1.91. The van der Waals surface area contributed by atoms with Gasteiger partial charge < -0.3 is 5.32 Å². The number of aromatic nitrogens is 3. The quantitative estimate of drug-likeness (QED) is 0.870. The van der Waals surface area contributed by atoms with Crippen molar-refractivity contribution < 1.29 is 0 Å². The van der Waals surface area contributed by atoms with Crippen LogP contribution in [0.3, 0.4) is 0 Å². The van der Waals surface area contributed by atoms with Crippen molar-refractivity contribution >= 4 is 0 Å². The molecule has 4 heteroatoms. The summed E-state index contributed by atoms with van der Waals surface area (Å²) in [6.45, 7) is 1.89. The molecule has 2 heterocycles. The summed E-state index contributed by atoms with van der Waals surface area (Å²) in [6, 6.07) is 10.7. The van der Waals surface area contributed by atoms with Gasteiger partial charge in [-0.3, -0.25) is 0 Å².